The number of rotatable bonds is 4. The Morgan fingerprint density at radius 3 is 1.68 bits per heavy atom. The van der Waals surface area contributed by atoms with E-state index in [0.29, 0.717) is 10.4 Å². The summed E-state index contributed by atoms with van der Waals surface area (Å²) in [5.41, 5.74) is 2.17. The lowest BCUT2D eigenvalue weighted by molar-refractivity contribution is -0.137. The van der Waals surface area contributed by atoms with Crippen molar-refractivity contribution in [2.75, 3.05) is 0 Å². The highest BCUT2D eigenvalue weighted by Crippen LogP contribution is 2.36. The Morgan fingerprint density at radius 2 is 1.32 bits per heavy atom. The molecule has 2 aromatic carbocycles. The van der Waals surface area contributed by atoms with Gasteiger partial charge in [0.2, 0.25) is 0 Å². The molecule has 1 N–H and O–H groups in total. The number of thiocarbonyl (C=S) groups is 1. The molecule has 0 heterocycles. The highest BCUT2D eigenvalue weighted by Gasteiger charge is 2.30. The van der Waals surface area contributed by atoms with Crippen LogP contribution in [0.25, 0.3) is 0 Å². The lowest BCUT2D eigenvalue weighted by atomic mass is 9.89. The molecule has 0 atom stereocenters. The van der Waals surface area contributed by atoms with Gasteiger partial charge in [0.15, 0.2) is 0 Å². The van der Waals surface area contributed by atoms with Crippen molar-refractivity contribution in [1.29, 1.82) is 0 Å². The van der Waals surface area contributed by atoms with Crippen LogP contribution < -0.4 is 0 Å². The van der Waals surface area contributed by atoms with Crippen LogP contribution in [0.1, 0.15) is 67.3 Å². The van der Waals surface area contributed by atoms with Crippen molar-refractivity contribution in [3.05, 3.63) is 64.2 Å². The van der Waals surface area contributed by atoms with Crippen molar-refractivity contribution in [2.24, 2.45) is 0 Å². The molecule has 0 amide bonds. The second-order valence-corrected chi connectivity index (χ2v) is 7.13. The molecule has 2 rings (SSSR count). The number of aromatic hydroxyl groups is 1. The Balaban J connectivity index is 2.48. The molecular weight excluding hydrogens is 345 g/mol. The molecule has 134 valence electrons. The van der Waals surface area contributed by atoms with E-state index in [1.54, 1.807) is 0 Å². The SMILES string of the molecule is CC(C)c1cc(C(=S)c2ccc(C(F)(F)F)cc2)cc(C(C)C)c1O. The minimum absolute atomic E-state index is 0.104. The molecule has 0 unspecified atom stereocenters. The van der Waals surface area contributed by atoms with Crippen molar-refractivity contribution in [2.45, 2.75) is 45.7 Å². The fourth-order valence-electron chi connectivity index (χ4n) is 2.67. The molecule has 25 heavy (non-hydrogen) atoms. The van der Waals surface area contributed by atoms with E-state index in [2.05, 4.69) is 0 Å². The zero-order chi connectivity index (χ0) is 18.9. The molecule has 0 aliphatic carbocycles. The fraction of sp³-hybridized carbons (Fsp3) is 0.350. The lowest BCUT2D eigenvalue weighted by Crippen LogP contribution is -2.07. The number of hydrogen-bond acceptors (Lipinski definition) is 2. The predicted octanol–water partition coefficient (Wildman–Crippen LogP) is 6.42. The number of benzene rings is 2. The van der Waals surface area contributed by atoms with Crippen LogP contribution in [0, 0.1) is 0 Å². The van der Waals surface area contributed by atoms with Gasteiger partial charge in [-0.05, 0) is 58.4 Å². The molecule has 0 fully saturated rings. The van der Waals surface area contributed by atoms with Gasteiger partial charge in [0.25, 0.3) is 0 Å². The third-order valence-electron chi connectivity index (χ3n) is 4.15. The van der Waals surface area contributed by atoms with Gasteiger partial charge in [0.1, 0.15) is 5.75 Å². The van der Waals surface area contributed by atoms with E-state index in [-0.39, 0.29) is 17.6 Å². The van der Waals surface area contributed by atoms with Crippen LogP contribution in [0.5, 0.6) is 5.75 Å². The second kappa shape index (κ2) is 7.16. The normalized spacial score (nSPS) is 12.0. The fourth-order valence-corrected chi connectivity index (χ4v) is 2.92. The molecule has 0 bridgehead atoms. The van der Waals surface area contributed by atoms with Gasteiger partial charge in [-0.1, -0.05) is 52.0 Å². The summed E-state index contributed by atoms with van der Waals surface area (Å²) < 4.78 is 38.1. The number of halogens is 3. The summed E-state index contributed by atoms with van der Waals surface area (Å²) >= 11 is 5.50. The zero-order valence-corrected chi connectivity index (χ0v) is 15.4. The van der Waals surface area contributed by atoms with Gasteiger partial charge in [-0.25, -0.2) is 0 Å². The van der Waals surface area contributed by atoms with Crippen LogP contribution in [0.4, 0.5) is 13.2 Å². The average Bonchev–Trinajstić information content (AvgIpc) is 2.53. The first-order valence-electron chi connectivity index (χ1n) is 8.11. The molecule has 1 nitrogen and oxygen atoms in total. The van der Waals surface area contributed by atoms with Gasteiger partial charge >= 0.3 is 6.18 Å². The Kier molecular flexibility index (Phi) is 5.57. The number of phenolic OH excluding ortho intramolecular Hbond substituents is 1. The first kappa shape index (κ1) is 19.4. The second-order valence-electron chi connectivity index (χ2n) is 6.72. The topological polar surface area (TPSA) is 20.2 Å². The van der Waals surface area contributed by atoms with Gasteiger partial charge < -0.3 is 5.11 Å². The maximum Gasteiger partial charge on any atom is 0.416 e. The molecule has 5 heteroatoms. The minimum Gasteiger partial charge on any atom is -0.507 e. The standard InChI is InChI=1S/C20H21F3OS/c1-11(2)16-9-14(10-17(12(3)4)18(16)24)19(25)13-5-7-15(8-6-13)20(21,22)23/h5-12,24H,1-4H3. The van der Waals surface area contributed by atoms with Crippen molar-refractivity contribution >= 4 is 17.1 Å². The van der Waals surface area contributed by atoms with Gasteiger partial charge in [-0.15, -0.1) is 0 Å². The van der Waals surface area contributed by atoms with Crippen molar-refractivity contribution in [3.63, 3.8) is 0 Å². The largest absolute Gasteiger partial charge is 0.507 e. The molecule has 0 aromatic heterocycles. The highest BCUT2D eigenvalue weighted by atomic mass is 32.1. The molecule has 0 aliphatic rings. The summed E-state index contributed by atoms with van der Waals surface area (Å²) in [5.74, 6) is 0.477. The molecule has 0 spiro atoms. The van der Waals surface area contributed by atoms with Crippen LogP contribution >= 0.6 is 12.2 Å². The molecule has 0 saturated heterocycles. The number of phenols is 1. The Labute approximate surface area is 151 Å². The summed E-state index contributed by atoms with van der Waals surface area (Å²) in [6.45, 7) is 7.91. The summed E-state index contributed by atoms with van der Waals surface area (Å²) in [7, 11) is 0. The lowest BCUT2D eigenvalue weighted by Gasteiger charge is -2.18. The third-order valence-corrected chi connectivity index (χ3v) is 4.62. The van der Waals surface area contributed by atoms with E-state index in [9.17, 15) is 18.3 Å². The quantitative estimate of drug-likeness (QED) is 0.497. The van der Waals surface area contributed by atoms with E-state index < -0.39 is 11.7 Å². The maximum atomic E-state index is 12.7. The highest BCUT2D eigenvalue weighted by molar-refractivity contribution is 7.81. The molecule has 0 radical (unpaired) electrons. The van der Waals surface area contributed by atoms with E-state index in [4.69, 9.17) is 12.2 Å². The monoisotopic (exact) mass is 366 g/mol. The van der Waals surface area contributed by atoms with Crippen molar-refractivity contribution in [1.82, 2.24) is 0 Å². The Bertz CT molecular complexity index is 746. The van der Waals surface area contributed by atoms with E-state index >= 15 is 0 Å². The van der Waals surface area contributed by atoms with Crippen LogP contribution in [0.3, 0.4) is 0 Å². The summed E-state index contributed by atoms with van der Waals surface area (Å²) in [6.07, 6.45) is -4.37. The summed E-state index contributed by atoms with van der Waals surface area (Å²) in [4.78, 5) is 0.470. The number of alkyl halides is 3. The van der Waals surface area contributed by atoms with Crippen LogP contribution in [0.2, 0.25) is 0 Å². The van der Waals surface area contributed by atoms with Crippen molar-refractivity contribution < 1.29 is 18.3 Å². The third kappa shape index (κ3) is 4.21. The van der Waals surface area contributed by atoms with Crippen molar-refractivity contribution in [3.8, 4) is 5.75 Å². The molecule has 0 saturated carbocycles. The van der Waals surface area contributed by atoms with Crippen LogP contribution in [0.15, 0.2) is 36.4 Å². The molecular formula is C20H21F3OS. The van der Waals surface area contributed by atoms with Gasteiger partial charge in [-0.2, -0.15) is 13.2 Å². The zero-order valence-electron chi connectivity index (χ0n) is 14.6. The van der Waals surface area contributed by atoms with Gasteiger partial charge in [0, 0.05) is 0 Å². The molecule has 0 aliphatic heterocycles. The maximum absolute atomic E-state index is 12.7. The smallest absolute Gasteiger partial charge is 0.416 e. The Morgan fingerprint density at radius 1 is 0.880 bits per heavy atom. The summed E-state index contributed by atoms with van der Waals surface area (Å²) in [6, 6.07) is 8.51. The van der Waals surface area contributed by atoms with Crippen LogP contribution in [-0.4, -0.2) is 9.97 Å². The van der Waals surface area contributed by atoms with E-state index in [0.717, 1.165) is 28.8 Å². The Hall–Kier alpha value is -1.88. The van der Waals surface area contributed by atoms with Gasteiger partial charge in [0.05, 0.1) is 10.4 Å². The average molecular weight is 366 g/mol. The van der Waals surface area contributed by atoms with Crippen LogP contribution in [-0.2, 0) is 6.18 Å². The van der Waals surface area contributed by atoms with E-state index in [1.807, 2.05) is 39.8 Å². The summed E-state index contributed by atoms with van der Waals surface area (Å²) in [5, 5.41) is 10.5. The minimum atomic E-state index is -4.37. The number of hydrogen-bond donors (Lipinski definition) is 1. The molecule has 2 aromatic rings. The van der Waals surface area contributed by atoms with E-state index in [1.165, 1.54) is 12.1 Å². The first-order chi connectivity index (χ1) is 11.5. The first-order valence-corrected chi connectivity index (χ1v) is 8.52. The predicted molar refractivity (Wildman–Crippen MR) is 98.5 cm³/mol. The van der Waals surface area contributed by atoms with Gasteiger partial charge in [-0.3, -0.25) is 0 Å².